The molecule has 0 heterocycles. The van der Waals surface area contributed by atoms with E-state index in [-0.39, 0.29) is 16.8 Å². The number of nitrogens with zero attached hydrogens (tertiary/aromatic N) is 1. The van der Waals surface area contributed by atoms with E-state index >= 15 is 0 Å². The molecule has 0 aliphatic heterocycles. The standard InChI is InChI=1S/C19H11ClN2O3/c20-15-5-4-12-8-14(3-2-13(12)9-15)18(23)22-17-6-1-11(10-21)7-16(17)19(24)25/h1-9H,(H,22,23)(H,24,25). The molecule has 6 heteroatoms. The highest BCUT2D eigenvalue weighted by Gasteiger charge is 2.15. The maximum absolute atomic E-state index is 12.5. The van der Waals surface area contributed by atoms with Crippen molar-refractivity contribution in [3.63, 3.8) is 0 Å². The Morgan fingerprint density at radius 1 is 1.00 bits per heavy atom. The van der Waals surface area contributed by atoms with Crippen molar-refractivity contribution in [1.82, 2.24) is 0 Å². The molecule has 0 aliphatic rings. The molecule has 3 aromatic rings. The number of aromatic carboxylic acids is 1. The molecule has 0 saturated heterocycles. The van der Waals surface area contributed by atoms with Crippen molar-refractivity contribution in [3.8, 4) is 6.07 Å². The summed E-state index contributed by atoms with van der Waals surface area (Å²) in [5.74, 6) is -1.66. The smallest absolute Gasteiger partial charge is 0.337 e. The molecule has 0 spiro atoms. The van der Waals surface area contributed by atoms with Crippen molar-refractivity contribution < 1.29 is 14.7 Å². The lowest BCUT2D eigenvalue weighted by Crippen LogP contribution is -2.15. The van der Waals surface area contributed by atoms with Gasteiger partial charge in [0.1, 0.15) is 0 Å². The number of anilines is 1. The number of halogens is 1. The Bertz CT molecular complexity index is 1050. The molecule has 0 radical (unpaired) electrons. The molecule has 5 nitrogen and oxygen atoms in total. The third kappa shape index (κ3) is 3.44. The third-order valence-electron chi connectivity index (χ3n) is 3.69. The first-order valence-electron chi connectivity index (χ1n) is 7.26. The highest BCUT2D eigenvalue weighted by Crippen LogP contribution is 2.22. The maximum Gasteiger partial charge on any atom is 0.337 e. The number of carbonyl (C=O) groups excluding carboxylic acids is 1. The van der Waals surface area contributed by atoms with Gasteiger partial charge in [-0.05, 0) is 53.2 Å². The Kier molecular flexibility index (Phi) is 4.38. The number of amides is 1. The quantitative estimate of drug-likeness (QED) is 0.736. The summed E-state index contributed by atoms with van der Waals surface area (Å²) >= 11 is 5.94. The molecule has 2 N–H and O–H groups in total. The minimum atomic E-state index is -1.22. The molecular weight excluding hydrogens is 340 g/mol. The van der Waals surface area contributed by atoms with Crippen molar-refractivity contribution in [3.05, 3.63) is 76.3 Å². The van der Waals surface area contributed by atoms with Gasteiger partial charge in [0, 0.05) is 10.6 Å². The highest BCUT2D eigenvalue weighted by atomic mass is 35.5. The number of hydrogen-bond donors (Lipinski definition) is 2. The summed E-state index contributed by atoms with van der Waals surface area (Å²) in [5, 5.41) is 23.1. The maximum atomic E-state index is 12.5. The van der Waals surface area contributed by atoms with E-state index in [4.69, 9.17) is 16.9 Å². The monoisotopic (exact) mass is 350 g/mol. The Morgan fingerprint density at radius 3 is 2.44 bits per heavy atom. The summed E-state index contributed by atoms with van der Waals surface area (Å²) in [5.41, 5.74) is 0.584. The molecule has 0 bridgehead atoms. The van der Waals surface area contributed by atoms with E-state index < -0.39 is 11.9 Å². The van der Waals surface area contributed by atoms with E-state index in [1.165, 1.54) is 18.2 Å². The number of rotatable bonds is 3. The lowest BCUT2D eigenvalue weighted by Gasteiger charge is -2.09. The van der Waals surface area contributed by atoms with Gasteiger partial charge in [0.05, 0.1) is 22.9 Å². The number of carboxylic acids is 1. The molecule has 3 rings (SSSR count). The molecular formula is C19H11ClN2O3. The highest BCUT2D eigenvalue weighted by molar-refractivity contribution is 6.31. The normalized spacial score (nSPS) is 10.2. The molecule has 0 fully saturated rings. The Hall–Kier alpha value is -3.36. The van der Waals surface area contributed by atoms with Crippen LogP contribution < -0.4 is 5.32 Å². The summed E-state index contributed by atoms with van der Waals surface area (Å²) in [6, 6.07) is 16.4. The second-order valence-electron chi connectivity index (χ2n) is 5.34. The van der Waals surface area contributed by atoms with E-state index in [0.29, 0.717) is 10.6 Å². The average molecular weight is 351 g/mol. The van der Waals surface area contributed by atoms with Crippen molar-refractivity contribution in [2.45, 2.75) is 0 Å². The summed E-state index contributed by atoms with van der Waals surface area (Å²) in [6.45, 7) is 0. The van der Waals surface area contributed by atoms with Crippen LogP contribution in [0, 0.1) is 11.3 Å². The molecule has 25 heavy (non-hydrogen) atoms. The molecule has 0 aromatic heterocycles. The number of carboxylic acid groups (broad SMARTS) is 1. The Balaban J connectivity index is 1.94. The van der Waals surface area contributed by atoms with Gasteiger partial charge in [0.2, 0.25) is 0 Å². The minimum absolute atomic E-state index is 0.132. The van der Waals surface area contributed by atoms with Crippen LogP contribution in [-0.4, -0.2) is 17.0 Å². The first kappa shape index (κ1) is 16.5. The predicted molar refractivity (Wildman–Crippen MR) is 95.0 cm³/mol. The molecule has 0 saturated carbocycles. The van der Waals surface area contributed by atoms with Crippen LogP contribution in [0.1, 0.15) is 26.3 Å². The fourth-order valence-corrected chi connectivity index (χ4v) is 2.63. The fraction of sp³-hybridized carbons (Fsp3) is 0. The Labute approximate surface area is 148 Å². The van der Waals surface area contributed by atoms with Gasteiger partial charge in [-0.2, -0.15) is 5.26 Å². The molecule has 0 unspecified atom stereocenters. The second kappa shape index (κ2) is 6.63. The van der Waals surface area contributed by atoms with Gasteiger partial charge in [-0.15, -0.1) is 0 Å². The zero-order valence-electron chi connectivity index (χ0n) is 12.8. The summed E-state index contributed by atoms with van der Waals surface area (Å²) < 4.78 is 0. The zero-order chi connectivity index (χ0) is 18.0. The summed E-state index contributed by atoms with van der Waals surface area (Å²) in [6.07, 6.45) is 0. The van der Waals surface area contributed by atoms with Crippen LogP contribution in [0.4, 0.5) is 5.69 Å². The van der Waals surface area contributed by atoms with Crippen LogP contribution >= 0.6 is 11.6 Å². The van der Waals surface area contributed by atoms with E-state index in [9.17, 15) is 14.7 Å². The number of nitriles is 1. The van der Waals surface area contributed by atoms with Crippen LogP contribution in [0.3, 0.4) is 0 Å². The van der Waals surface area contributed by atoms with E-state index in [1.807, 2.05) is 6.07 Å². The molecule has 3 aromatic carbocycles. The van der Waals surface area contributed by atoms with Crippen molar-refractivity contribution in [2.75, 3.05) is 5.32 Å². The van der Waals surface area contributed by atoms with Crippen LogP contribution in [0.2, 0.25) is 5.02 Å². The van der Waals surface area contributed by atoms with E-state index in [0.717, 1.165) is 10.8 Å². The largest absolute Gasteiger partial charge is 0.478 e. The van der Waals surface area contributed by atoms with Crippen LogP contribution in [0.15, 0.2) is 54.6 Å². The van der Waals surface area contributed by atoms with E-state index in [2.05, 4.69) is 5.32 Å². The van der Waals surface area contributed by atoms with Gasteiger partial charge in [0.25, 0.3) is 5.91 Å². The summed E-state index contributed by atoms with van der Waals surface area (Å²) in [7, 11) is 0. The first-order valence-corrected chi connectivity index (χ1v) is 7.64. The van der Waals surface area contributed by atoms with Gasteiger partial charge < -0.3 is 10.4 Å². The SMILES string of the molecule is N#Cc1ccc(NC(=O)c2ccc3cc(Cl)ccc3c2)c(C(=O)O)c1. The molecule has 0 atom stereocenters. The van der Waals surface area contributed by atoms with Crippen LogP contribution in [0.5, 0.6) is 0 Å². The minimum Gasteiger partial charge on any atom is -0.478 e. The van der Waals surface area contributed by atoms with Gasteiger partial charge in [-0.25, -0.2) is 4.79 Å². The fourth-order valence-electron chi connectivity index (χ4n) is 2.45. The summed E-state index contributed by atoms with van der Waals surface area (Å²) in [4.78, 5) is 23.8. The second-order valence-corrected chi connectivity index (χ2v) is 5.77. The number of hydrogen-bond acceptors (Lipinski definition) is 3. The molecule has 0 aliphatic carbocycles. The van der Waals surface area contributed by atoms with Crippen molar-refractivity contribution in [2.24, 2.45) is 0 Å². The average Bonchev–Trinajstić information content (AvgIpc) is 2.61. The number of carbonyl (C=O) groups is 2. The number of fused-ring (bicyclic) bond motifs is 1. The van der Waals surface area contributed by atoms with Gasteiger partial charge in [0.15, 0.2) is 0 Å². The first-order chi connectivity index (χ1) is 12.0. The van der Waals surface area contributed by atoms with Gasteiger partial charge in [-0.1, -0.05) is 23.7 Å². The van der Waals surface area contributed by atoms with Gasteiger partial charge >= 0.3 is 5.97 Å². The number of nitrogens with one attached hydrogen (secondary N) is 1. The lowest BCUT2D eigenvalue weighted by molar-refractivity contribution is 0.0698. The van der Waals surface area contributed by atoms with Gasteiger partial charge in [-0.3, -0.25) is 4.79 Å². The Morgan fingerprint density at radius 2 is 1.72 bits per heavy atom. The number of benzene rings is 3. The van der Waals surface area contributed by atoms with Crippen molar-refractivity contribution >= 4 is 39.9 Å². The predicted octanol–water partition coefficient (Wildman–Crippen LogP) is 4.32. The van der Waals surface area contributed by atoms with Crippen molar-refractivity contribution in [1.29, 1.82) is 5.26 Å². The molecule has 1 amide bonds. The third-order valence-corrected chi connectivity index (χ3v) is 3.93. The topological polar surface area (TPSA) is 90.2 Å². The van der Waals surface area contributed by atoms with Crippen LogP contribution in [-0.2, 0) is 0 Å². The molecule has 122 valence electrons. The lowest BCUT2D eigenvalue weighted by atomic mass is 10.1. The zero-order valence-corrected chi connectivity index (χ0v) is 13.5. The van der Waals surface area contributed by atoms with Crippen LogP contribution in [0.25, 0.3) is 10.8 Å². The van der Waals surface area contributed by atoms with E-state index in [1.54, 1.807) is 36.4 Å².